The highest BCUT2D eigenvalue weighted by molar-refractivity contribution is 5.00. The number of ether oxygens (including phenoxy) is 12. The summed E-state index contributed by atoms with van der Waals surface area (Å²) in [7, 11) is 0. The fraction of sp³-hybridized carbons (Fsp3) is 1.00. The molecule has 6 rings (SSSR count). The van der Waals surface area contributed by atoms with Crippen LogP contribution in [-0.4, -0.2) is 133 Å². The van der Waals surface area contributed by atoms with Crippen LogP contribution in [0.4, 0.5) is 0 Å². The number of hydrogen-bond acceptors (Lipinski definition) is 14. The first-order chi connectivity index (χ1) is 19.5. The van der Waals surface area contributed by atoms with E-state index in [1.165, 1.54) is 0 Å². The number of aliphatic hydroxyl groups is 2. The Morgan fingerprint density at radius 3 is 1.24 bits per heavy atom. The molecule has 0 amide bonds. The fourth-order valence-corrected chi connectivity index (χ4v) is 6.36. The van der Waals surface area contributed by atoms with Gasteiger partial charge in [0.1, 0.15) is 61.0 Å². The van der Waals surface area contributed by atoms with Crippen LogP contribution in [-0.2, 0) is 56.8 Å². The van der Waals surface area contributed by atoms with E-state index in [0.717, 1.165) is 0 Å². The molecule has 0 aromatic carbocycles. The van der Waals surface area contributed by atoms with Gasteiger partial charge in [0, 0.05) is 0 Å². The van der Waals surface area contributed by atoms with Gasteiger partial charge in [-0.05, 0) is 55.4 Å². The smallest absolute Gasteiger partial charge is 0.187 e. The quantitative estimate of drug-likeness (QED) is 0.415. The number of aliphatic hydroxyl groups excluding tert-OH is 2. The van der Waals surface area contributed by atoms with Crippen LogP contribution >= 0.6 is 0 Å². The topological polar surface area (TPSA) is 151 Å². The Morgan fingerprint density at radius 2 is 0.857 bits per heavy atom. The first-order valence-corrected chi connectivity index (χ1v) is 14.8. The van der Waals surface area contributed by atoms with Gasteiger partial charge in [-0.3, -0.25) is 0 Å². The van der Waals surface area contributed by atoms with Crippen LogP contribution in [0.5, 0.6) is 0 Å². The highest BCUT2D eigenvalue weighted by Crippen LogP contribution is 2.43. The molecule has 0 aromatic rings. The van der Waals surface area contributed by atoms with Crippen LogP contribution < -0.4 is 0 Å². The predicted molar refractivity (Wildman–Crippen MR) is 139 cm³/mol. The van der Waals surface area contributed by atoms with Gasteiger partial charge in [-0.2, -0.15) is 0 Å². The summed E-state index contributed by atoms with van der Waals surface area (Å²) in [5.74, 6) is -3.34. The van der Waals surface area contributed by atoms with Gasteiger partial charge in [-0.15, -0.1) is 0 Å². The molecule has 42 heavy (non-hydrogen) atoms. The molecule has 0 aliphatic carbocycles. The molecule has 14 heteroatoms. The Morgan fingerprint density at radius 1 is 0.524 bits per heavy atom. The first-order valence-electron chi connectivity index (χ1n) is 14.8. The molecule has 242 valence electrons. The summed E-state index contributed by atoms with van der Waals surface area (Å²) in [5.41, 5.74) is 0. The van der Waals surface area contributed by atoms with E-state index in [2.05, 4.69) is 0 Å². The van der Waals surface area contributed by atoms with Gasteiger partial charge < -0.3 is 67.1 Å². The zero-order valence-electron chi connectivity index (χ0n) is 25.6. The van der Waals surface area contributed by atoms with Crippen molar-refractivity contribution in [2.75, 3.05) is 26.4 Å². The van der Waals surface area contributed by atoms with Crippen molar-refractivity contribution < 1.29 is 67.1 Å². The van der Waals surface area contributed by atoms with Crippen molar-refractivity contribution in [3.63, 3.8) is 0 Å². The molecule has 2 N–H and O–H groups in total. The SMILES string of the molecule is CC1(C)O[C@@H]2[C@H](O1)[C@@H](OC[C@H](O)[C@@H](O)CO[C@H]1O[C@@H]3COC(C)(C)O[C@H]3[C@@H]3OC(C)(C)O[C@H]13)O[C@@H]1COC(C)(C)O[C@@H]21. The van der Waals surface area contributed by atoms with Gasteiger partial charge in [-0.1, -0.05) is 0 Å². The van der Waals surface area contributed by atoms with Gasteiger partial charge >= 0.3 is 0 Å². The maximum absolute atomic E-state index is 10.8. The second-order valence-electron chi connectivity index (χ2n) is 13.6. The second-order valence-corrected chi connectivity index (χ2v) is 13.6. The molecule has 6 aliphatic heterocycles. The normalized spacial score (nSPS) is 46.1. The van der Waals surface area contributed by atoms with E-state index in [9.17, 15) is 10.2 Å². The van der Waals surface area contributed by atoms with Crippen LogP contribution in [0.3, 0.4) is 0 Å². The van der Waals surface area contributed by atoms with Gasteiger partial charge in [-0.25, -0.2) is 0 Å². The molecule has 6 saturated heterocycles. The summed E-state index contributed by atoms with van der Waals surface area (Å²) in [4.78, 5) is 0. The van der Waals surface area contributed by atoms with E-state index >= 15 is 0 Å². The minimum Gasteiger partial charge on any atom is -0.388 e. The summed E-state index contributed by atoms with van der Waals surface area (Å²) in [6.45, 7) is 14.6. The van der Waals surface area contributed by atoms with Gasteiger partial charge in [0.05, 0.1) is 26.4 Å². The molecule has 0 radical (unpaired) electrons. The van der Waals surface area contributed by atoms with Crippen molar-refractivity contribution in [1.29, 1.82) is 0 Å². The molecular weight excluding hydrogens is 560 g/mol. The lowest BCUT2D eigenvalue weighted by Crippen LogP contribution is -2.64. The minimum absolute atomic E-state index is 0.252. The third-order valence-corrected chi connectivity index (χ3v) is 8.20. The maximum atomic E-state index is 10.8. The zero-order valence-corrected chi connectivity index (χ0v) is 25.6. The summed E-state index contributed by atoms with van der Waals surface area (Å²) in [5, 5.41) is 21.5. The van der Waals surface area contributed by atoms with Crippen LogP contribution in [0.15, 0.2) is 0 Å². The van der Waals surface area contributed by atoms with Gasteiger partial charge in [0.25, 0.3) is 0 Å². The van der Waals surface area contributed by atoms with E-state index in [1.807, 2.05) is 55.4 Å². The molecule has 12 atom stereocenters. The zero-order chi connectivity index (χ0) is 30.2. The lowest BCUT2D eigenvalue weighted by molar-refractivity contribution is -0.373. The molecule has 0 aromatic heterocycles. The molecule has 6 fully saturated rings. The second kappa shape index (κ2) is 11.1. The largest absolute Gasteiger partial charge is 0.388 e. The molecule has 0 spiro atoms. The highest BCUT2D eigenvalue weighted by Gasteiger charge is 2.60. The first kappa shape index (κ1) is 31.4. The predicted octanol–water partition coefficient (Wildman–Crippen LogP) is 0.534. The van der Waals surface area contributed by atoms with Gasteiger partial charge in [0.15, 0.2) is 35.7 Å². The third-order valence-electron chi connectivity index (χ3n) is 8.20. The molecule has 0 saturated carbocycles. The Labute approximate surface area is 246 Å². The van der Waals surface area contributed by atoms with E-state index < -0.39 is 96.8 Å². The summed E-state index contributed by atoms with van der Waals surface area (Å²) in [6.07, 6.45) is -8.25. The molecule has 6 heterocycles. The summed E-state index contributed by atoms with van der Waals surface area (Å²) in [6, 6.07) is 0. The van der Waals surface area contributed by atoms with Crippen LogP contribution in [0, 0.1) is 0 Å². The fourth-order valence-electron chi connectivity index (χ4n) is 6.36. The number of rotatable bonds is 7. The van der Waals surface area contributed by atoms with Crippen molar-refractivity contribution in [2.45, 2.75) is 152 Å². The Bertz CT molecular complexity index is 896. The van der Waals surface area contributed by atoms with E-state index in [1.54, 1.807) is 0 Å². The lowest BCUT2D eigenvalue weighted by Gasteiger charge is -2.48. The standard InChI is InChI=1S/C28H46O14/c1-25(2)33-11-15-17(37-25)19-21(41-27(5,6)39-19)23(35-15)31-9-13(29)14(30)10-32-24-22-20(40-28(7,8)42-22)18-16(36-24)12-34-26(3,4)38-18/h13-24,29-30H,9-12H2,1-8H3/t13-,14-,15+,16+,17+,18+,19-,20-,21-,22-,23-,24-/m0/s1. The van der Waals surface area contributed by atoms with E-state index in [0.29, 0.717) is 0 Å². The average Bonchev–Trinajstić information content (AvgIpc) is 3.40. The average molecular weight is 607 g/mol. The van der Waals surface area contributed by atoms with Crippen molar-refractivity contribution in [3.8, 4) is 0 Å². The summed E-state index contributed by atoms with van der Waals surface area (Å²) >= 11 is 0. The number of hydrogen-bond donors (Lipinski definition) is 2. The third kappa shape index (κ3) is 6.40. The molecule has 0 unspecified atom stereocenters. The highest BCUT2D eigenvalue weighted by atomic mass is 16.8. The molecule has 6 aliphatic rings. The van der Waals surface area contributed by atoms with Crippen LogP contribution in [0.1, 0.15) is 55.4 Å². The van der Waals surface area contributed by atoms with Crippen molar-refractivity contribution in [1.82, 2.24) is 0 Å². The van der Waals surface area contributed by atoms with Crippen molar-refractivity contribution in [3.05, 3.63) is 0 Å². The van der Waals surface area contributed by atoms with Crippen LogP contribution in [0.25, 0.3) is 0 Å². The van der Waals surface area contributed by atoms with Crippen LogP contribution in [0.2, 0.25) is 0 Å². The monoisotopic (exact) mass is 606 g/mol. The van der Waals surface area contributed by atoms with E-state index in [-0.39, 0.29) is 26.4 Å². The van der Waals surface area contributed by atoms with Crippen molar-refractivity contribution in [2.24, 2.45) is 0 Å². The lowest BCUT2D eigenvalue weighted by atomic mass is 9.97. The maximum Gasteiger partial charge on any atom is 0.187 e. The Kier molecular flexibility index (Phi) is 8.27. The number of fused-ring (bicyclic) bond motifs is 6. The minimum atomic E-state index is -1.30. The van der Waals surface area contributed by atoms with Gasteiger partial charge in [0.2, 0.25) is 0 Å². The Balaban J connectivity index is 1.04. The Hall–Kier alpha value is -0.560. The van der Waals surface area contributed by atoms with Crippen molar-refractivity contribution >= 4 is 0 Å². The molecule has 14 nitrogen and oxygen atoms in total. The molecule has 0 bridgehead atoms. The molecular formula is C28H46O14. The summed E-state index contributed by atoms with van der Waals surface area (Å²) < 4.78 is 72.4. The van der Waals surface area contributed by atoms with E-state index in [4.69, 9.17) is 56.8 Å².